The van der Waals surface area contributed by atoms with Crippen LogP contribution in [0.25, 0.3) is 22.1 Å². The molecule has 0 aliphatic heterocycles. The number of ether oxygens (including phenoxy) is 1. The highest BCUT2D eigenvalue weighted by atomic mass is 16.5. The van der Waals surface area contributed by atoms with Crippen molar-refractivity contribution in [2.24, 2.45) is 5.92 Å². The minimum Gasteiger partial charge on any atom is -0.469 e. The van der Waals surface area contributed by atoms with Crippen molar-refractivity contribution in [3.8, 4) is 0 Å². The van der Waals surface area contributed by atoms with Crippen molar-refractivity contribution in [3.05, 3.63) is 24.8 Å². The van der Waals surface area contributed by atoms with E-state index in [2.05, 4.69) is 25.6 Å². The van der Waals surface area contributed by atoms with Gasteiger partial charge in [0.2, 0.25) is 0 Å². The molecule has 0 radical (unpaired) electrons. The number of fused-ring (bicyclic) bond motifs is 3. The number of nitrogens with one attached hydrogen (secondary N) is 1. The molecule has 1 aliphatic rings. The SMILES string of the molecule is COC(=O)CC1CCC(n2cnc3cnc4[nH]ccc4c32)CC1. The van der Waals surface area contributed by atoms with Crippen molar-refractivity contribution in [1.82, 2.24) is 19.5 Å². The lowest BCUT2D eigenvalue weighted by atomic mass is 9.84. The molecule has 1 N–H and O–H groups in total. The summed E-state index contributed by atoms with van der Waals surface area (Å²) in [6.07, 6.45) is 10.5. The van der Waals surface area contributed by atoms with E-state index in [0.717, 1.165) is 47.8 Å². The molecule has 1 saturated carbocycles. The van der Waals surface area contributed by atoms with Crippen molar-refractivity contribution in [2.45, 2.75) is 38.1 Å². The van der Waals surface area contributed by atoms with Gasteiger partial charge < -0.3 is 14.3 Å². The van der Waals surface area contributed by atoms with Crippen LogP contribution in [0, 0.1) is 5.92 Å². The fourth-order valence-electron chi connectivity index (χ4n) is 3.75. The minimum absolute atomic E-state index is 0.0957. The second kappa shape index (κ2) is 5.68. The molecule has 0 amide bonds. The second-order valence-electron chi connectivity index (χ2n) is 6.34. The molecule has 0 saturated heterocycles. The van der Waals surface area contributed by atoms with E-state index in [4.69, 9.17) is 4.74 Å². The van der Waals surface area contributed by atoms with Gasteiger partial charge >= 0.3 is 5.97 Å². The number of aromatic amines is 1. The fraction of sp³-hybridized carbons (Fsp3) is 0.471. The van der Waals surface area contributed by atoms with Crippen LogP contribution in [-0.2, 0) is 9.53 Å². The average molecular weight is 312 g/mol. The molecule has 1 aliphatic carbocycles. The molecular formula is C17H20N4O2. The van der Waals surface area contributed by atoms with Gasteiger partial charge in [0.1, 0.15) is 11.2 Å². The van der Waals surface area contributed by atoms with Gasteiger partial charge in [0.25, 0.3) is 0 Å². The summed E-state index contributed by atoms with van der Waals surface area (Å²) in [5, 5.41) is 1.12. The van der Waals surface area contributed by atoms with Gasteiger partial charge in [0.05, 0.1) is 25.2 Å². The summed E-state index contributed by atoms with van der Waals surface area (Å²) in [4.78, 5) is 23.5. The monoisotopic (exact) mass is 312 g/mol. The lowest BCUT2D eigenvalue weighted by Gasteiger charge is -2.29. The van der Waals surface area contributed by atoms with E-state index in [1.165, 1.54) is 7.11 Å². The number of methoxy groups -OCH3 is 1. The summed E-state index contributed by atoms with van der Waals surface area (Å²) >= 11 is 0. The maximum absolute atomic E-state index is 11.4. The Kier molecular flexibility index (Phi) is 3.52. The molecule has 3 aromatic rings. The summed E-state index contributed by atoms with van der Waals surface area (Å²) in [6.45, 7) is 0. The number of carbonyl (C=O) groups excluding carboxylic acids is 1. The van der Waals surface area contributed by atoms with Crippen molar-refractivity contribution in [3.63, 3.8) is 0 Å². The number of hydrogen-bond donors (Lipinski definition) is 1. The molecule has 3 heterocycles. The predicted octanol–water partition coefficient (Wildman–Crippen LogP) is 3.21. The molecule has 0 aromatic carbocycles. The van der Waals surface area contributed by atoms with E-state index in [9.17, 15) is 4.79 Å². The van der Waals surface area contributed by atoms with Gasteiger partial charge in [0.15, 0.2) is 0 Å². The van der Waals surface area contributed by atoms with E-state index in [1.807, 2.05) is 18.7 Å². The third-order valence-corrected chi connectivity index (χ3v) is 5.01. The molecule has 0 spiro atoms. The summed E-state index contributed by atoms with van der Waals surface area (Å²) in [6, 6.07) is 2.50. The second-order valence-corrected chi connectivity index (χ2v) is 6.34. The highest BCUT2D eigenvalue weighted by molar-refractivity contribution is 6.00. The number of carbonyl (C=O) groups is 1. The molecule has 4 rings (SSSR count). The molecule has 23 heavy (non-hydrogen) atoms. The zero-order valence-electron chi connectivity index (χ0n) is 13.2. The number of rotatable bonds is 3. The van der Waals surface area contributed by atoms with Crippen molar-refractivity contribution in [1.29, 1.82) is 0 Å². The first-order chi connectivity index (χ1) is 11.3. The van der Waals surface area contributed by atoms with E-state index in [0.29, 0.717) is 18.4 Å². The summed E-state index contributed by atoms with van der Waals surface area (Å²) < 4.78 is 7.08. The maximum atomic E-state index is 11.4. The molecule has 1 fully saturated rings. The van der Waals surface area contributed by atoms with E-state index >= 15 is 0 Å². The van der Waals surface area contributed by atoms with E-state index in [1.54, 1.807) is 0 Å². The lowest BCUT2D eigenvalue weighted by Crippen LogP contribution is -2.20. The Hall–Kier alpha value is -2.37. The Bertz CT molecular complexity index is 843. The van der Waals surface area contributed by atoms with Gasteiger partial charge in [-0.05, 0) is 37.7 Å². The standard InChI is InChI=1S/C17H20N4O2/c1-23-15(22)8-11-2-4-12(5-3-11)21-10-20-14-9-19-17-13(16(14)21)6-7-18-17/h6-7,9-12H,2-5,8H2,1H3,(H,18,19). The Morgan fingerprint density at radius 3 is 2.96 bits per heavy atom. The molecule has 3 aromatic heterocycles. The zero-order chi connectivity index (χ0) is 15.8. The first kappa shape index (κ1) is 14.2. The van der Waals surface area contributed by atoms with Gasteiger partial charge in [-0.25, -0.2) is 9.97 Å². The number of esters is 1. The lowest BCUT2D eigenvalue weighted by molar-refractivity contribution is -0.142. The van der Waals surface area contributed by atoms with Gasteiger partial charge in [-0.2, -0.15) is 0 Å². The van der Waals surface area contributed by atoms with E-state index < -0.39 is 0 Å². The summed E-state index contributed by atoms with van der Waals surface area (Å²) in [5.74, 6) is 0.351. The molecular weight excluding hydrogens is 292 g/mol. The van der Waals surface area contributed by atoms with Gasteiger partial charge in [0, 0.05) is 24.0 Å². The van der Waals surface area contributed by atoms with E-state index in [-0.39, 0.29) is 5.97 Å². The number of imidazole rings is 1. The molecule has 0 unspecified atom stereocenters. The highest BCUT2D eigenvalue weighted by Crippen LogP contribution is 2.36. The number of aromatic nitrogens is 4. The third-order valence-electron chi connectivity index (χ3n) is 5.01. The topological polar surface area (TPSA) is 72.8 Å². The Balaban J connectivity index is 1.59. The van der Waals surface area contributed by atoms with Crippen LogP contribution in [0.3, 0.4) is 0 Å². The van der Waals surface area contributed by atoms with Crippen molar-refractivity contribution < 1.29 is 9.53 Å². The van der Waals surface area contributed by atoms with Gasteiger partial charge in [-0.3, -0.25) is 4.79 Å². The normalized spacial score (nSPS) is 21.8. The zero-order valence-corrected chi connectivity index (χ0v) is 13.2. The quantitative estimate of drug-likeness (QED) is 0.754. The van der Waals surface area contributed by atoms with Crippen molar-refractivity contribution in [2.75, 3.05) is 7.11 Å². The number of pyridine rings is 1. The number of H-pyrrole nitrogens is 1. The Labute approximate surface area is 133 Å². The molecule has 0 bridgehead atoms. The minimum atomic E-state index is -0.0957. The van der Waals surface area contributed by atoms with Crippen molar-refractivity contribution >= 4 is 28.0 Å². The average Bonchev–Trinajstić information content (AvgIpc) is 3.21. The smallest absolute Gasteiger partial charge is 0.305 e. The Morgan fingerprint density at radius 2 is 2.17 bits per heavy atom. The van der Waals surface area contributed by atoms with Gasteiger partial charge in [-0.1, -0.05) is 0 Å². The summed E-state index contributed by atoms with van der Waals surface area (Å²) in [5.41, 5.74) is 3.00. The van der Waals surface area contributed by atoms with Gasteiger partial charge in [-0.15, -0.1) is 0 Å². The predicted molar refractivity (Wildman–Crippen MR) is 87.0 cm³/mol. The molecule has 6 nitrogen and oxygen atoms in total. The van der Waals surface area contributed by atoms with Crippen LogP contribution in [-0.4, -0.2) is 32.6 Å². The largest absolute Gasteiger partial charge is 0.469 e. The van der Waals surface area contributed by atoms with Crippen LogP contribution in [0.5, 0.6) is 0 Å². The van der Waals surface area contributed by atoms with Crippen LogP contribution < -0.4 is 0 Å². The van der Waals surface area contributed by atoms with Crippen LogP contribution in [0.4, 0.5) is 0 Å². The first-order valence-electron chi connectivity index (χ1n) is 8.11. The summed E-state index contributed by atoms with van der Waals surface area (Å²) in [7, 11) is 1.46. The fourth-order valence-corrected chi connectivity index (χ4v) is 3.75. The first-order valence-corrected chi connectivity index (χ1v) is 8.11. The number of hydrogen-bond acceptors (Lipinski definition) is 4. The van der Waals surface area contributed by atoms with Crippen LogP contribution in [0.15, 0.2) is 24.8 Å². The number of nitrogens with zero attached hydrogens (tertiary/aromatic N) is 3. The van der Waals surface area contributed by atoms with Crippen LogP contribution in [0.1, 0.15) is 38.1 Å². The van der Waals surface area contributed by atoms with Crippen LogP contribution in [0.2, 0.25) is 0 Å². The molecule has 6 heteroatoms. The van der Waals surface area contributed by atoms with Crippen LogP contribution >= 0.6 is 0 Å². The highest BCUT2D eigenvalue weighted by Gasteiger charge is 2.25. The molecule has 0 atom stereocenters. The Morgan fingerprint density at radius 1 is 1.35 bits per heavy atom. The molecule has 120 valence electrons. The maximum Gasteiger partial charge on any atom is 0.305 e. The third kappa shape index (κ3) is 2.48.